The number of rotatable bonds is 8. The normalized spacial score (nSPS) is 11.7. The Morgan fingerprint density at radius 2 is 1.88 bits per heavy atom. The van der Waals surface area contributed by atoms with Gasteiger partial charge in [0.15, 0.2) is 0 Å². The first-order chi connectivity index (χ1) is 11.3. The van der Waals surface area contributed by atoms with Gasteiger partial charge in [-0.25, -0.2) is 0 Å². The molecule has 1 rings (SSSR count). The molecule has 1 atom stereocenters. The molecular formula is C17H26N4O3. The van der Waals surface area contributed by atoms with Gasteiger partial charge in [-0.3, -0.25) is 19.3 Å². The number of para-hydroxylation sites is 1. The lowest BCUT2D eigenvalue weighted by Crippen LogP contribution is -2.46. The van der Waals surface area contributed by atoms with E-state index < -0.39 is 6.04 Å². The fraction of sp³-hybridized carbons (Fsp3) is 0.471. The number of nitrogens with one attached hydrogen (secondary N) is 3. The number of nitrogens with zero attached hydrogens (tertiary/aromatic N) is 1. The summed E-state index contributed by atoms with van der Waals surface area (Å²) in [5, 5.41) is 8.11. The van der Waals surface area contributed by atoms with Gasteiger partial charge in [-0.2, -0.15) is 0 Å². The summed E-state index contributed by atoms with van der Waals surface area (Å²) in [6.07, 6.45) is 0. The standard InChI is InChI=1S/C17H26N4O3/c1-12-7-5-6-8-15(12)20-16(23)11-21(4)10-9-18-17(24)13(2)19-14(3)22/h5-8,13H,9-11H2,1-4H3,(H,18,24)(H,19,22)(H,20,23). The number of hydrogen-bond donors (Lipinski definition) is 3. The maximum absolute atomic E-state index is 12.0. The van der Waals surface area contributed by atoms with Crippen LogP contribution < -0.4 is 16.0 Å². The first-order valence-corrected chi connectivity index (χ1v) is 7.88. The molecule has 1 unspecified atom stereocenters. The summed E-state index contributed by atoms with van der Waals surface area (Å²) in [6, 6.07) is 7.01. The summed E-state index contributed by atoms with van der Waals surface area (Å²) in [6.45, 7) is 6.08. The first-order valence-electron chi connectivity index (χ1n) is 7.88. The van der Waals surface area contributed by atoms with Gasteiger partial charge in [0.05, 0.1) is 6.54 Å². The van der Waals surface area contributed by atoms with Gasteiger partial charge in [-0.05, 0) is 32.5 Å². The van der Waals surface area contributed by atoms with Crippen LogP contribution in [0.3, 0.4) is 0 Å². The van der Waals surface area contributed by atoms with Crippen LogP contribution in [0.4, 0.5) is 5.69 Å². The van der Waals surface area contributed by atoms with E-state index in [1.165, 1.54) is 6.92 Å². The molecule has 132 valence electrons. The number of aryl methyl sites for hydroxylation is 1. The molecule has 24 heavy (non-hydrogen) atoms. The van der Waals surface area contributed by atoms with Crippen LogP contribution >= 0.6 is 0 Å². The lowest BCUT2D eigenvalue weighted by atomic mass is 10.2. The molecule has 0 aliphatic rings. The Morgan fingerprint density at radius 3 is 2.50 bits per heavy atom. The third kappa shape index (κ3) is 7.23. The average molecular weight is 334 g/mol. The summed E-state index contributed by atoms with van der Waals surface area (Å²) in [7, 11) is 1.81. The molecule has 1 aromatic rings. The van der Waals surface area contributed by atoms with Gasteiger partial charge in [0, 0.05) is 25.7 Å². The largest absolute Gasteiger partial charge is 0.353 e. The van der Waals surface area contributed by atoms with Crippen molar-refractivity contribution in [2.75, 3.05) is 32.0 Å². The Balaban J connectivity index is 2.29. The Bertz CT molecular complexity index is 589. The highest BCUT2D eigenvalue weighted by Crippen LogP contribution is 2.12. The Morgan fingerprint density at radius 1 is 1.21 bits per heavy atom. The van der Waals surface area contributed by atoms with Crippen molar-refractivity contribution in [3.05, 3.63) is 29.8 Å². The average Bonchev–Trinajstić information content (AvgIpc) is 2.48. The number of benzene rings is 1. The molecule has 0 saturated heterocycles. The van der Waals surface area contributed by atoms with Crippen molar-refractivity contribution in [2.24, 2.45) is 0 Å². The van der Waals surface area contributed by atoms with E-state index in [2.05, 4.69) is 16.0 Å². The zero-order valence-corrected chi connectivity index (χ0v) is 14.7. The topological polar surface area (TPSA) is 90.5 Å². The zero-order chi connectivity index (χ0) is 18.1. The van der Waals surface area contributed by atoms with Crippen molar-refractivity contribution in [3.63, 3.8) is 0 Å². The monoisotopic (exact) mass is 334 g/mol. The summed E-state index contributed by atoms with van der Waals surface area (Å²) < 4.78 is 0. The van der Waals surface area contributed by atoms with E-state index in [0.29, 0.717) is 13.1 Å². The Hall–Kier alpha value is -2.41. The zero-order valence-electron chi connectivity index (χ0n) is 14.7. The molecule has 0 aromatic heterocycles. The highest BCUT2D eigenvalue weighted by Gasteiger charge is 2.13. The highest BCUT2D eigenvalue weighted by atomic mass is 16.2. The van der Waals surface area contributed by atoms with E-state index >= 15 is 0 Å². The minimum atomic E-state index is -0.572. The second kappa shape index (κ2) is 9.67. The van der Waals surface area contributed by atoms with E-state index in [-0.39, 0.29) is 24.3 Å². The molecule has 1 aromatic carbocycles. The molecule has 3 amide bonds. The highest BCUT2D eigenvalue weighted by molar-refractivity contribution is 5.92. The number of hydrogen-bond acceptors (Lipinski definition) is 4. The minimum absolute atomic E-state index is 0.107. The second-order valence-electron chi connectivity index (χ2n) is 5.81. The van der Waals surface area contributed by atoms with Crippen LogP contribution in [0.5, 0.6) is 0 Å². The SMILES string of the molecule is CC(=O)NC(C)C(=O)NCCN(C)CC(=O)Nc1ccccc1C. The van der Waals surface area contributed by atoms with E-state index in [4.69, 9.17) is 0 Å². The predicted molar refractivity (Wildman–Crippen MR) is 93.6 cm³/mol. The molecule has 0 spiro atoms. The van der Waals surface area contributed by atoms with Crippen molar-refractivity contribution >= 4 is 23.4 Å². The molecule has 3 N–H and O–H groups in total. The number of carbonyl (C=O) groups excluding carboxylic acids is 3. The van der Waals surface area contributed by atoms with Crippen LogP contribution in [0.2, 0.25) is 0 Å². The van der Waals surface area contributed by atoms with Crippen LogP contribution in [0.1, 0.15) is 19.4 Å². The van der Waals surface area contributed by atoms with E-state index in [9.17, 15) is 14.4 Å². The van der Waals surface area contributed by atoms with Crippen molar-refractivity contribution in [3.8, 4) is 0 Å². The van der Waals surface area contributed by atoms with Gasteiger partial charge in [-0.1, -0.05) is 18.2 Å². The van der Waals surface area contributed by atoms with Crippen molar-refractivity contribution in [1.29, 1.82) is 0 Å². The van der Waals surface area contributed by atoms with Crippen LogP contribution in [0, 0.1) is 6.92 Å². The molecule has 7 heteroatoms. The molecule has 0 heterocycles. The quantitative estimate of drug-likeness (QED) is 0.646. The smallest absolute Gasteiger partial charge is 0.242 e. The lowest BCUT2D eigenvalue weighted by molar-refractivity contribution is -0.127. The van der Waals surface area contributed by atoms with Crippen molar-refractivity contribution in [1.82, 2.24) is 15.5 Å². The second-order valence-corrected chi connectivity index (χ2v) is 5.81. The summed E-state index contributed by atoms with van der Waals surface area (Å²) in [4.78, 5) is 36.5. The van der Waals surface area contributed by atoms with Gasteiger partial charge < -0.3 is 16.0 Å². The number of amides is 3. The summed E-state index contributed by atoms with van der Waals surface area (Å²) >= 11 is 0. The third-order valence-electron chi connectivity index (χ3n) is 3.44. The van der Waals surface area contributed by atoms with Gasteiger partial charge >= 0.3 is 0 Å². The molecule has 0 radical (unpaired) electrons. The minimum Gasteiger partial charge on any atom is -0.353 e. The Kier molecular flexibility index (Phi) is 7.91. The van der Waals surface area contributed by atoms with Gasteiger partial charge in [0.1, 0.15) is 6.04 Å². The van der Waals surface area contributed by atoms with Crippen LogP contribution in [-0.4, -0.2) is 55.3 Å². The Labute approximate surface area is 142 Å². The molecule has 7 nitrogen and oxygen atoms in total. The number of carbonyl (C=O) groups is 3. The predicted octanol–water partition coefficient (Wildman–Crippen LogP) is 0.506. The summed E-state index contributed by atoms with van der Waals surface area (Å²) in [5.41, 5.74) is 1.81. The summed E-state index contributed by atoms with van der Waals surface area (Å²) in [5.74, 6) is -0.602. The maximum atomic E-state index is 12.0. The van der Waals surface area contributed by atoms with E-state index in [0.717, 1.165) is 11.3 Å². The molecule has 0 saturated carbocycles. The van der Waals surface area contributed by atoms with E-state index in [1.54, 1.807) is 14.0 Å². The number of anilines is 1. The van der Waals surface area contributed by atoms with Gasteiger partial charge in [-0.15, -0.1) is 0 Å². The van der Waals surface area contributed by atoms with Gasteiger partial charge in [0.2, 0.25) is 17.7 Å². The van der Waals surface area contributed by atoms with Gasteiger partial charge in [0.25, 0.3) is 0 Å². The molecule has 0 bridgehead atoms. The first kappa shape index (κ1) is 19.6. The van der Waals surface area contributed by atoms with Crippen LogP contribution in [-0.2, 0) is 14.4 Å². The van der Waals surface area contributed by atoms with Crippen LogP contribution in [0.25, 0.3) is 0 Å². The fourth-order valence-corrected chi connectivity index (χ4v) is 2.12. The fourth-order valence-electron chi connectivity index (χ4n) is 2.12. The maximum Gasteiger partial charge on any atom is 0.242 e. The molecular weight excluding hydrogens is 308 g/mol. The number of likely N-dealkylation sites (N-methyl/N-ethyl adjacent to an activating group) is 1. The van der Waals surface area contributed by atoms with E-state index in [1.807, 2.05) is 36.1 Å². The third-order valence-corrected chi connectivity index (χ3v) is 3.44. The van der Waals surface area contributed by atoms with Crippen molar-refractivity contribution < 1.29 is 14.4 Å². The lowest BCUT2D eigenvalue weighted by Gasteiger charge is -2.18. The van der Waals surface area contributed by atoms with Crippen LogP contribution in [0.15, 0.2) is 24.3 Å². The van der Waals surface area contributed by atoms with Crippen molar-refractivity contribution in [2.45, 2.75) is 26.8 Å². The molecule has 0 aliphatic heterocycles. The molecule has 0 aliphatic carbocycles. The molecule has 0 fully saturated rings.